The Kier molecular flexibility index (Phi) is 7.58. The number of rotatable bonds is 7. The van der Waals surface area contributed by atoms with Crippen molar-refractivity contribution in [2.75, 3.05) is 32.6 Å². The lowest BCUT2D eigenvalue weighted by atomic mass is 10.1. The number of amides is 2. The number of nitrogens with one attached hydrogen (secondary N) is 2. The van der Waals surface area contributed by atoms with Gasteiger partial charge in [-0.25, -0.2) is 19.4 Å². The summed E-state index contributed by atoms with van der Waals surface area (Å²) in [5.74, 6) is -0.993. The Morgan fingerprint density at radius 1 is 1.25 bits per heavy atom. The summed E-state index contributed by atoms with van der Waals surface area (Å²) in [7, 11) is 3.75. The molecular weight excluding hydrogens is 365 g/mol. The number of anilines is 1. The molecule has 0 saturated heterocycles. The maximum atomic E-state index is 13.2. The zero-order valence-corrected chi connectivity index (χ0v) is 15.9. The molecule has 1 heterocycles. The van der Waals surface area contributed by atoms with Crippen LogP contribution in [-0.4, -0.2) is 54.8 Å². The van der Waals surface area contributed by atoms with Crippen molar-refractivity contribution >= 4 is 23.4 Å². The van der Waals surface area contributed by atoms with Crippen LogP contribution in [0.5, 0.6) is 0 Å². The summed E-state index contributed by atoms with van der Waals surface area (Å²) < 4.78 is 18.4. The number of esters is 1. The van der Waals surface area contributed by atoms with Gasteiger partial charge in [-0.2, -0.15) is 5.10 Å². The Bertz CT molecular complexity index is 870. The lowest BCUT2D eigenvalue weighted by molar-refractivity contribution is 0.0481. The molecule has 0 aliphatic rings. The smallest absolute Gasteiger partial charge is 0.340 e. The number of carbonyl (C=O) groups is 2. The molecule has 28 heavy (non-hydrogen) atoms. The highest BCUT2D eigenvalue weighted by molar-refractivity contribution is 6.06. The van der Waals surface area contributed by atoms with E-state index in [9.17, 15) is 14.0 Å². The predicted octanol–water partition coefficient (Wildman–Crippen LogP) is 2.48. The molecule has 0 fully saturated rings. The lowest BCUT2D eigenvalue weighted by Crippen LogP contribution is -2.26. The van der Waals surface area contributed by atoms with Crippen LogP contribution < -0.4 is 10.7 Å². The third-order valence-electron chi connectivity index (χ3n) is 3.55. The summed E-state index contributed by atoms with van der Waals surface area (Å²) in [4.78, 5) is 30.3. The molecule has 8 nitrogen and oxygen atoms in total. The first-order valence-electron chi connectivity index (χ1n) is 8.51. The van der Waals surface area contributed by atoms with Crippen molar-refractivity contribution in [3.8, 4) is 0 Å². The van der Waals surface area contributed by atoms with Gasteiger partial charge in [0.15, 0.2) is 0 Å². The fourth-order valence-electron chi connectivity index (χ4n) is 2.17. The number of hydrogen-bond donors (Lipinski definition) is 2. The van der Waals surface area contributed by atoms with Gasteiger partial charge in [-0.05, 0) is 51.4 Å². The average molecular weight is 387 g/mol. The number of nitrogens with zero attached hydrogens (tertiary/aromatic N) is 3. The van der Waals surface area contributed by atoms with Gasteiger partial charge in [0.2, 0.25) is 0 Å². The number of hydrogen-bond acceptors (Lipinski definition) is 6. The number of halogens is 1. The summed E-state index contributed by atoms with van der Waals surface area (Å²) in [6.45, 7) is 2.43. The molecule has 0 radical (unpaired) electrons. The number of ether oxygens (including phenoxy) is 1. The minimum atomic E-state index is -0.656. The van der Waals surface area contributed by atoms with Crippen LogP contribution >= 0.6 is 0 Å². The Hall–Kier alpha value is -3.33. The van der Waals surface area contributed by atoms with Gasteiger partial charge in [0.25, 0.3) is 0 Å². The largest absolute Gasteiger partial charge is 0.461 e. The van der Waals surface area contributed by atoms with Gasteiger partial charge in [0.1, 0.15) is 18.1 Å². The van der Waals surface area contributed by atoms with E-state index in [0.29, 0.717) is 18.0 Å². The molecule has 0 bridgehead atoms. The molecule has 1 aromatic heterocycles. The highest BCUT2D eigenvalue weighted by Gasteiger charge is 2.16. The van der Waals surface area contributed by atoms with E-state index in [1.807, 2.05) is 19.0 Å². The molecule has 0 spiro atoms. The van der Waals surface area contributed by atoms with E-state index in [-0.39, 0.29) is 17.9 Å². The molecule has 2 amide bonds. The number of hydrazone groups is 1. The minimum Gasteiger partial charge on any atom is -0.461 e. The molecular formula is C19H22FN5O3. The van der Waals surface area contributed by atoms with Gasteiger partial charge in [0, 0.05) is 18.4 Å². The summed E-state index contributed by atoms with van der Waals surface area (Å²) >= 11 is 0. The van der Waals surface area contributed by atoms with E-state index in [0.717, 1.165) is 0 Å². The number of urea groups is 1. The van der Waals surface area contributed by atoms with Crippen LogP contribution in [0.4, 0.5) is 14.9 Å². The fourth-order valence-corrected chi connectivity index (χ4v) is 2.17. The molecule has 2 rings (SSSR count). The van der Waals surface area contributed by atoms with Crippen LogP contribution in [0.25, 0.3) is 0 Å². The predicted molar refractivity (Wildman–Crippen MR) is 104 cm³/mol. The van der Waals surface area contributed by atoms with Crippen molar-refractivity contribution in [3.05, 3.63) is 59.7 Å². The molecule has 0 aliphatic carbocycles. The Balaban J connectivity index is 2.03. The zero-order valence-electron chi connectivity index (χ0n) is 15.9. The highest BCUT2D eigenvalue weighted by atomic mass is 19.1. The van der Waals surface area contributed by atoms with Crippen molar-refractivity contribution < 1.29 is 18.7 Å². The summed E-state index contributed by atoms with van der Waals surface area (Å²) in [6.07, 6.45) is 1.51. The number of aromatic nitrogens is 1. The molecule has 1 aromatic carbocycles. The van der Waals surface area contributed by atoms with Crippen LogP contribution in [0.2, 0.25) is 0 Å². The van der Waals surface area contributed by atoms with Crippen molar-refractivity contribution in [1.82, 2.24) is 15.3 Å². The molecule has 0 saturated carbocycles. The van der Waals surface area contributed by atoms with Crippen LogP contribution in [0, 0.1) is 5.82 Å². The molecule has 9 heteroatoms. The van der Waals surface area contributed by atoms with E-state index < -0.39 is 17.8 Å². The average Bonchev–Trinajstić information content (AvgIpc) is 2.65. The van der Waals surface area contributed by atoms with Gasteiger partial charge in [-0.1, -0.05) is 6.07 Å². The van der Waals surface area contributed by atoms with Gasteiger partial charge in [-0.3, -0.25) is 4.98 Å². The van der Waals surface area contributed by atoms with E-state index >= 15 is 0 Å². The van der Waals surface area contributed by atoms with E-state index in [4.69, 9.17) is 4.74 Å². The fraction of sp³-hybridized carbons (Fsp3) is 0.263. The van der Waals surface area contributed by atoms with Gasteiger partial charge in [0.05, 0.1) is 11.3 Å². The Morgan fingerprint density at radius 2 is 2.04 bits per heavy atom. The zero-order chi connectivity index (χ0) is 20.5. The number of pyridine rings is 1. The second kappa shape index (κ2) is 10.1. The van der Waals surface area contributed by atoms with Crippen LogP contribution in [-0.2, 0) is 4.74 Å². The van der Waals surface area contributed by atoms with Gasteiger partial charge < -0.3 is 15.0 Å². The third-order valence-corrected chi connectivity index (χ3v) is 3.55. The maximum Gasteiger partial charge on any atom is 0.340 e. The topological polar surface area (TPSA) is 95.9 Å². The summed E-state index contributed by atoms with van der Waals surface area (Å²) in [6, 6.07) is 8.00. The number of likely N-dealkylation sites (N-methyl/N-ethyl adjacent to an activating group) is 1. The summed E-state index contributed by atoms with van der Waals surface area (Å²) in [5, 5.41) is 6.40. The van der Waals surface area contributed by atoms with Gasteiger partial charge >= 0.3 is 12.0 Å². The molecule has 0 aliphatic heterocycles. The molecule has 0 unspecified atom stereocenters. The lowest BCUT2D eigenvalue weighted by Gasteiger charge is -2.11. The van der Waals surface area contributed by atoms with Crippen LogP contribution in [0.3, 0.4) is 0 Å². The highest BCUT2D eigenvalue weighted by Crippen LogP contribution is 2.10. The monoisotopic (exact) mass is 387 g/mol. The van der Waals surface area contributed by atoms with Crippen molar-refractivity contribution in [1.29, 1.82) is 0 Å². The van der Waals surface area contributed by atoms with Crippen LogP contribution in [0.1, 0.15) is 23.0 Å². The summed E-state index contributed by atoms with van der Waals surface area (Å²) in [5.41, 5.74) is 3.43. The van der Waals surface area contributed by atoms with Crippen molar-refractivity contribution in [2.45, 2.75) is 6.92 Å². The molecule has 148 valence electrons. The Labute approximate surface area is 162 Å². The standard InChI is InChI=1S/C19H22FN5O3/c1-13(23-24-19(27)22-15-7-4-6-14(20)12-15)17-16(8-5-9-21-17)18(26)28-11-10-25(2)3/h4-9,12H,10-11H2,1-3H3,(H2,22,24,27). The van der Waals surface area contributed by atoms with E-state index in [2.05, 4.69) is 20.8 Å². The first-order valence-corrected chi connectivity index (χ1v) is 8.51. The molecule has 2 aromatic rings. The molecule has 2 N–H and O–H groups in total. The quantitative estimate of drug-likeness (QED) is 0.432. The van der Waals surface area contributed by atoms with Crippen molar-refractivity contribution in [3.63, 3.8) is 0 Å². The van der Waals surface area contributed by atoms with Gasteiger partial charge in [-0.15, -0.1) is 0 Å². The number of benzene rings is 1. The first kappa shape index (κ1) is 21.0. The van der Waals surface area contributed by atoms with Crippen LogP contribution in [0.15, 0.2) is 47.7 Å². The number of carbonyl (C=O) groups excluding carboxylic acids is 2. The SMILES string of the molecule is CC(=NNC(=O)Nc1cccc(F)c1)c1ncccc1C(=O)OCCN(C)C. The van der Waals surface area contributed by atoms with E-state index in [1.54, 1.807) is 25.1 Å². The normalized spacial score (nSPS) is 11.2. The first-order chi connectivity index (χ1) is 13.4. The third kappa shape index (κ3) is 6.44. The molecule has 0 atom stereocenters. The minimum absolute atomic E-state index is 0.241. The Morgan fingerprint density at radius 3 is 2.75 bits per heavy atom. The second-order valence-corrected chi connectivity index (χ2v) is 6.11. The maximum absolute atomic E-state index is 13.2. The second-order valence-electron chi connectivity index (χ2n) is 6.11. The van der Waals surface area contributed by atoms with E-state index in [1.165, 1.54) is 24.4 Å². The van der Waals surface area contributed by atoms with Crippen molar-refractivity contribution in [2.24, 2.45) is 5.10 Å².